The van der Waals surface area contributed by atoms with Crippen molar-refractivity contribution in [2.45, 2.75) is 44.6 Å². The molecule has 1 aliphatic carbocycles. The minimum atomic E-state index is 0.0994. The molecule has 0 radical (unpaired) electrons. The molecular formula is C17H24N2O. The number of carbonyl (C=O) groups excluding carboxylic acids is 1. The van der Waals surface area contributed by atoms with Crippen LogP contribution in [0.15, 0.2) is 24.3 Å². The maximum absolute atomic E-state index is 12.4. The lowest BCUT2D eigenvalue weighted by atomic mass is 9.83. The van der Waals surface area contributed by atoms with Crippen molar-refractivity contribution in [1.29, 1.82) is 0 Å². The Balaban J connectivity index is 1.56. The number of hydrogen-bond acceptors (Lipinski definition) is 2. The van der Waals surface area contributed by atoms with Gasteiger partial charge in [0, 0.05) is 18.0 Å². The van der Waals surface area contributed by atoms with Gasteiger partial charge >= 0.3 is 0 Å². The standard InChI is InChI=1S/C17H24N2O/c1-17(9-4-10-19-17)12-18-16(20)15-8-7-13-5-2-3-6-14(13)11-15/h2-3,5-6,15,19H,4,7-12H2,1H3,(H,18,20). The summed E-state index contributed by atoms with van der Waals surface area (Å²) in [4.78, 5) is 12.4. The second-order valence-electron chi connectivity index (χ2n) is 6.52. The third-order valence-corrected chi connectivity index (χ3v) is 4.83. The van der Waals surface area contributed by atoms with Crippen LogP contribution in [0.2, 0.25) is 0 Å². The van der Waals surface area contributed by atoms with Gasteiger partial charge in [-0.15, -0.1) is 0 Å². The summed E-state index contributed by atoms with van der Waals surface area (Å²) < 4.78 is 0. The average Bonchev–Trinajstić information content (AvgIpc) is 2.91. The van der Waals surface area contributed by atoms with E-state index in [-0.39, 0.29) is 17.4 Å². The second kappa shape index (κ2) is 5.57. The topological polar surface area (TPSA) is 41.1 Å². The molecule has 3 rings (SSSR count). The first-order chi connectivity index (χ1) is 9.66. The van der Waals surface area contributed by atoms with E-state index in [1.165, 1.54) is 17.5 Å². The molecule has 1 aromatic rings. The summed E-state index contributed by atoms with van der Waals surface area (Å²) in [5, 5.41) is 6.66. The van der Waals surface area contributed by atoms with E-state index < -0.39 is 0 Å². The molecule has 1 amide bonds. The van der Waals surface area contributed by atoms with Gasteiger partial charge in [0.15, 0.2) is 0 Å². The molecule has 2 aliphatic rings. The molecule has 2 N–H and O–H groups in total. The highest BCUT2D eigenvalue weighted by molar-refractivity contribution is 5.79. The number of benzene rings is 1. The maximum Gasteiger partial charge on any atom is 0.223 e. The van der Waals surface area contributed by atoms with Gasteiger partial charge < -0.3 is 10.6 Å². The highest BCUT2D eigenvalue weighted by Gasteiger charge is 2.30. The third kappa shape index (κ3) is 2.88. The van der Waals surface area contributed by atoms with Gasteiger partial charge in [0.25, 0.3) is 0 Å². The molecule has 3 heteroatoms. The van der Waals surface area contributed by atoms with Crippen LogP contribution in [0.25, 0.3) is 0 Å². The summed E-state index contributed by atoms with van der Waals surface area (Å²) in [6, 6.07) is 8.51. The number of nitrogens with one attached hydrogen (secondary N) is 2. The van der Waals surface area contributed by atoms with Crippen LogP contribution >= 0.6 is 0 Å². The third-order valence-electron chi connectivity index (χ3n) is 4.83. The van der Waals surface area contributed by atoms with E-state index in [9.17, 15) is 4.79 Å². The summed E-state index contributed by atoms with van der Waals surface area (Å²) in [5.74, 6) is 0.379. The summed E-state index contributed by atoms with van der Waals surface area (Å²) in [6.45, 7) is 4.03. The van der Waals surface area contributed by atoms with Crippen LogP contribution in [0.5, 0.6) is 0 Å². The molecule has 1 heterocycles. The number of carbonyl (C=O) groups is 1. The van der Waals surface area contributed by atoms with Crippen molar-refractivity contribution >= 4 is 5.91 Å². The lowest BCUT2D eigenvalue weighted by molar-refractivity contribution is -0.125. The van der Waals surface area contributed by atoms with Crippen molar-refractivity contribution < 1.29 is 4.79 Å². The van der Waals surface area contributed by atoms with Crippen molar-refractivity contribution in [3.63, 3.8) is 0 Å². The quantitative estimate of drug-likeness (QED) is 0.884. The monoisotopic (exact) mass is 272 g/mol. The Kier molecular flexibility index (Phi) is 3.79. The number of amides is 1. The molecule has 3 nitrogen and oxygen atoms in total. The highest BCUT2D eigenvalue weighted by atomic mass is 16.1. The molecule has 20 heavy (non-hydrogen) atoms. The van der Waals surface area contributed by atoms with Gasteiger partial charge in [0.05, 0.1) is 0 Å². The van der Waals surface area contributed by atoms with Gasteiger partial charge in [0.1, 0.15) is 0 Å². The Morgan fingerprint density at radius 3 is 2.95 bits per heavy atom. The Bertz CT molecular complexity index is 492. The Morgan fingerprint density at radius 1 is 1.40 bits per heavy atom. The zero-order valence-electron chi connectivity index (χ0n) is 12.2. The van der Waals surface area contributed by atoms with E-state index in [0.29, 0.717) is 0 Å². The van der Waals surface area contributed by atoms with Crippen molar-refractivity contribution in [2.75, 3.05) is 13.1 Å². The van der Waals surface area contributed by atoms with Gasteiger partial charge in [0.2, 0.25) is 5.91 Å². The van der Waals surface area contributed by atoms with Gasteiger partial charge in [-0.25, -0.2) is 0 Å². The van der Waals surface area contributed by atoms with Crippen molar-refractivity contribution in [3.8, 4) is 0 Å². The fourth-order valence-electron chi connectivity index (χ4n) is 3.46. The molecule has 1 fully saturated rings. The molecule has 1 aromatic carbocycles. The first kappa shape index (κ1) is 13.6. The van der Waals surface area contributed by atoms with Crippen LogP contribution in [-0.4, -0.2) is 24.5 Å². The fourth-order valence-corrected chi connectivity index (χ4v) is 3.46. The van der Waals surface area contributed by atoms with E-state index in [0.717, 1.165) is 38.8 Å². The van der Waals surface area contributed by atoms with Crippen LogP contribution in [0.1, 0.15) is 37.3 Å². The van der Waals surface area contributed by atoms with Crippen LogP contribution in [0.4, 0.5) is 0 Å². The maximum atomic E-state index is 12.4. The predicted molar refractivity (Wildman–Crippen MR) is 80.6 cm³/mol. The van der Waals surface area contributed by atoms with Crippen molar-refractivity contribution in [3.05, 3.63) is 35.4 Å². The molecule has 1 saturated heterocycles. The van der Waals surface area contributed by atoms with Gasteiger partial charge in [-0.05, 0) is 56.7 Å². The molecular weight excluding hydrogens is 248 g/mol. The summed E-state index contributed by atoms with van der Waals surface area (Å²) in [7, 11) is 0. The SMILES string of the molecule is CC1(CNC(=O)C2CCc3ccccc3C2)CCCN1. The van der Waals surface area contributed by atoms with E-state index in [4.69, 9.17) is 0 Å². The molecule has 1 aliphatic heterocycles. The molecule has 0 saturated carbocycles. The average molecular weight is 272 g/mol. The van der Waals surface area contributed by atoms with Crippen LogP contribution < -0.4 is 10.6 Å². The highest BCUT2D eigenvalue weighted by Crippen LogP contribution is 2.25. The minimum absolute atomic E-state index is 0.0994. The number of aryl methyl sites for hydroxylation is 1. The number of fused-ring (bicyclic) bond motifs is 1. The molecule has 0 spiro atoms. The first-order valence-corrected chi connectivity index (χ1v) is 7.76. The summed E-state index contributed by atoms with van der Waals surface area (Å²) in [5.41, 5.74) is 2.87. The molecule has 2 unspecified atom stereocenters. The molecule has 0 aromatic heterocycles. The minimum Gasteiger partial charge on any atom is -0.354 e. The Morgan fingerprint density at radius 2 is 2.20 bits per heavy atom. The Hall–Kier alpha value is -1.35. The second-order valence-corrected chi connectivity index (χ2v) is 6.52. The summed E-state index contributed by atoms with van der Waals surface area (Å²) in [6.07, 6.45) is 5.27. The van der Waals surface area contributed by atoms with Gasteiger partial charge in [-0.2, -0.15) is 0 Å². The largest absolute Gasteiger partial charge is 0.354 e. The molecule has 0 bridgehead atoms. The number of hydrogen-bond donors (Lipinski definition) is 2. The summed E-state index contributed by atoms with van der Waals surface area (Å²) >= 11 is 0. The normalized spacial score (nSPS) is 28.9. The van der Waals surface area contributed by atoms with Gasteiger partial charge in [-0.3, -0.25) is 4.79 Å². The predicted octanol–water partition coefficient (Wildman–Crippen LogP) is 2.05. The Labute approximate surface area is 121 Å². The molecule has 2 atom stereocenters. The smallest absolute Gasteiger partial charge is 0.223 e. The lowest BCUT2D eigenvalue weighted by Crippen LogP contribution is -2.49. The lowest BCUT2D eigenvalue weighted by Gasteiger charge is -2.28. The van der Waals surface area contributed by atoms with E-state index >= 15 is 0 Å². The fraction of sp³-hybridized carbons (Fsp3) is 0.588. The zero-order valence-corrected chi connectivity index (χ0v) is 12.2. The van der Waals surface area contributed by atoms with Gasteiger partial charge in [-0.1, -0.05) is 24.3 Å². The van der Waals surface area contributed by atoms with E-state index in [1.807, 2.05) is 0 Å². The van der Waals surface area contributed by atoms with Crippen molar-refractivity contribution in [2.24, 2.45) is 5.92 Å². The molecule has 108 valence electrons. The first-order valence-electron chi connectivity index (χ1n) is 7.76. The van der Waals surface area contributed by atoms with Crippen LogP contribution in [0.3, 0.4) is 0 Å². The van der Waals surface area contributed by atoms with Crippen molar-refractivity contribution in [1.82, 2.24) is 10.6 Å². The van der Waals surface area contributed by atoms with Crippen LogP contribution in [-0.2, 0) is 17.6 Å². The van der Waals surface area contributed by atoms with E-state index in [1.54, 1.807) is 0 Å². The van der Waals surface area contributed by atoms with Crippen LogP contribution in [0, 0.1) is 5.92 Å². The zero-order chi connectivity index (χ0) is 14.0. The van der Waals surface area contributed by atoms with E-state index in [2.05, 4.69) is 41.8 Å². The number of rotatable bonds is 3.